The summed E-state index contributed by atoms with van der Waals surface area (Å²) >= 11 is 0. The minimum atomic E-state index is -0.901. The van der Waals surface area contributed by atoms with Gasteiger partial charge < -0.3 is 5.11 Å². The van der Waals surface area contributed by atoms with E-state index in [0.29, 0.717) is 44.7 Å². The van der Waals surface area contributed by atoms with Crippen LogP contribution in [0.1, 0.15) is 95.9 Å². The van der Waals surface area contributed by atoms with Crippen molar-refractivity contribution in [1.82, 2.24) is 14.5 Å². The molecule has 0 unspecified atom stereocenters. The van der Waals surface area contributed by atoms with E-state index in [9.17, 15) is 6.48 Å². The van der Waals surface area contributed by atoms with Gasteiger partial charge in [-0.1, -0.05) is 157 Å². The number of pyridine rings is 1. The number of benzene rings is 6. The quantitative estimate of drug-likeness (QED) is 0.162. The van der Waals surface area contributed by atoms with Gasteiger partial charge >= 0.3 is 0 Å². The largest absolute Gasteiger partial charge is 0.507 e. The molecule has 8 aromatic rings. The van der Waals surface area contributed by atoms with Crippen LogP contribution in [-0.2, 0) is 31.9 Å². The molecule has 300 valence electrons. The van der Waals surface area contributed by atoms with E-state index >= 15 is 0 Å². The molecule has 1 N–H and O–H groups in total. The molecule has 0 fully saturated rings. The number of aryl methyl sites for hydroxylation is 1. The number of phenolic OH excluding ortho intramolecular Hbond substituents is 1. The Hall–Kier alpha value is -5.57. The van der Waals surface area contributed by atoms with Crippen LogP contribution >= 0.6 is 0 Å². The molecule has 0 aliphatic carbocycles. The number of hydrogen-bond acceptors (Lipinski definition) is 3. The maximum absolute atomic E-state index is 12.0. The van der Waals surface area contributed by atoms with Crippen LogP contribution in [0.2, 0.25) is 0 Å². The van der Waals surface area contributed by atoms with Crippen molar-refractivity contribution < 1.29 is 38.5 Å². The molecule has 0 bridgehead atoms. The van der Waals surface area contributed by atoms with Crippen molar-refractivity contribution >= 4 is 11.0 Å². The molecule has 2 aromatic heterocycles. The van der Waals surface area contributed by atoms with E-state index in [2.05, 4.69) is 36.4 Å². The first-order valence-electron chi connectivity index (χ1n) is 24.0. The predicted octanol–water partition coefficient (Wildman–Crippen LogP) is 14.3. The molecule has 0 aliphatic rings. The topological polar surface area (TPSA) is 50.9 Å². The van der Waals surface area contributed by atoms with Gasteiger partial charge in [-0.05, 0) is 87.3 Å². The van der Waals surface area contributed by atoms with Gasteiger partial charge in [0, 0.05) is 39.9 Å². The van der Waals surface area contributed by atoms with Crippen molar-refractivity contribution in [2.24, 2.45) is 0 Å². The molecule has 0 saturated carbocycles. The van der Waals surface area contributed by atoms with Crippen molar-refractivity contribution in [3.8, 4) is 67.5 Å². The number of imidazole rings is 1. The van der Waals surface area contributed by atoms with Crippen LogP contribution in [0.15, 0.2) is 139 Å². The molecule has 0 radical (unpaired) electrons. The second-order valence-corrected chi connectivity index (χ2v) is 17.1. The summed E-state index contributed by atoms with van der Waals surface area (Å²) in [5.74, 6) is -0.324. The maximum Gasteiger partial charge on any atom is 0.148 e. The number of para-hydroxylation sites is 1. The van der Waals surface area contributed by atoms with E-state index in [0.717, 1.165) is 33.5 Å². The Morgan fingerprint density at radius 2 is 1.41 bits per heavy atom. The molecule has 5 heteroatoms. The van der Waals surface area contributed by atoms with E-state index in [1.165, 1.54) is 0 Å². The number of nitrogens with zero attached hydrogens (tertiary/aromatic N) is 3. The summed E-state index contributed by atoms with van der Waals surface area (Å²) in [7, 11) is 0. The molecule has 2 heterocycles. The van der Waals surface area contributed by atoms with Gasteiger partial charge in [0.1, 0.15) is 11.6 Å². The molecule has 0 amide bonds. The normalized spacial score (nSPS) is 14.2. The predicted molar refractivity (Wildman–Crippen MR) is 243 cm³/mol. The van der Waals surface area contributed by atoms with Gasteiger partial charge in [-0.15, -0.1) is 29.3 Å². The fraction of sp³-hybridized carbons (Fsp3) is 0.222. The maximum atomic E-state index is 12.0. The van der Waals surface area contributed by atoms with Crippen LogP contribution in [0.25, 0.3) is 72.7 Å². The number of phenols is 1. The fourth-order valence-corrected chi connectivity index (χ4v) is 7.24. The van der Waals surface area contributed by atoms with Crippen LogP contribution in [0, 0.1) is 13.0 Å². The third-order valence-electron chi connectivity index (χ3n) is 10.6. The Kier molecular flexibility index (Phi) is 8.63. The first-order chi connectivity index (χ1) is 31.3. The molecule has 8 rings (SSSR count). The monoisotopic (exact) mass is 962 g/mol. The van der Waals surface area contributed by atoms with Gasteiger partial charge in [-0.3, -0.25) is 9.55 Å². The van der Waals surface area contributed by atoms with E-state index < -0.39 is 53.7 Å². The minimum absolute atomic E-state index is 0. The third-order valence-corrected chi connectivity index (χ3v) is 10.6. The summed E-state index contributed by atoms with van der Waals surface area (Å²) in [6, 6.07) is 29.2. The Morgan fingerprint density at radius 3 is 2.10 bits per heavy atom. The van der Waals surface area contributed by atoms with Crippen LogP contribution < -0.4 is 0 Å². The van der Waals surface area contributed by atoms with Crippen molar-refractivity contribution in [3.63, 3.8) is 0 Å². The van der Waals surface area contributed by atoms with Crippen LogP contribution in [0.3, 0.4) is 0 Å². The first-order valence-corrected chi connectivity index (χ1v) is 19.5. The SMILES string of the molecule is [2H]c1nc(-c2[c-]c(-c3cccc4c3nc(-c3cc(C(C)(C)C)cc(C)c3O)n4-c3ccc(C([2H])(C)C)cc3-c3ccccc3)cc(C(C)(C)C)c2)c([2H])c(-c2c([2H])c([2H])c([2H])c([2H])c2[2H])c1[2H].[Pt]. The van der Waals surface area contributed by atoms with Crippen LogP contribution in [-0.4, -0.2) is 19.6 Å². The zero-order chi connectivity index (χ0) is 48.8. The molecule has 0 atom stereocenters. The summed E-state index contributed by atoms with van der Waals surface area (Å²) in [4.78, 5) is 9.87. The Labute approximate surface area is 377 Å². The number of rotatable bonds is 7. The van der Waals surface area contributed by atoms with E-state index in [1.807, 2.05) is 133 Å². The van der Waals surface area contributed by atoms with E-state index in [-0.39, 0.29) is 55.1 Å². The zero-order valence-electron chi connectivity index (χ0n) is 43.8. The Bertz CT molecular complexity index is 3280. The van der Waals surface area contributed by atoms with Crippen LogP contribution in [0.5, 0.6) is 5.75 Å². The van der Waals surface area contributed by atoms with Gasteiger partial charge in [-0.2, -0.15) is 0 Å². The zero-order valence-corrected chi connectivity index (χ0v) is 37.0. The third kappa shape index (κ3) is 8.21. The molecule has 6 aromatic carbocycles. The first kappa shape index (κ1) is 31.4. The Balaban J connectivity index is 0.00000684. The average Bonchev–Trinajstić information content (AvgIpc) is 3.66. The summed E-state index contributed by atoms with van der Waals surface area (Å²) < 4.78 is 80.4. The summed E-state index contributed by atoms with van der Waals surface area (Å²) in [6.07, 6.45) is -0.531. The van der Waals surface area contributed by atoms with Crippen molar-refractivity contribution in [1.29, 1.82) is 0 Å². The molecule has 4 nitrogen and oxygen atoms in total. The fourth-order valence-electron chi connectivity index (χ4n) is 7.24. The standard InChI is InChI=1S/C54H52N3O.Pt/c1-34(2)38-23-24-48(45(31-38)37-19-14-11-15-20-37)57-49-22-16-21-44(50(49)56-52(57)46-33-42(53(4,5)6)27-35(3)51(46)58)40-28-41(30-43(29-40)54(7,8)9)47-32-39(25-26-55-47)36-17-12-10-13-18-36;/h10-27,29-34,58H,1-9H3;/q-1;/i10D,12D,13D,17D,18D,25D,26D,32D,34D;. The summed E-state index contributed by atoms with van der Waals surface area (Å²) in [5, 5.41) is 12.0. The number of hydrogen-bond donors (Lipinski definition) is 1. The molecule has 0 saturated heterocycles. The van der Waals surface area contributed by atoms with Crippen molar-refractivity contribution in [2.45, 2.75) is 79.0 Å². The number of aromatic nitrogens is 3. The number of aromatic hydroxyl groups is 1. The molecule has 0 spiro atoms. The minimum Gasteiger partial charge on any atom is -0.507 e. The summed E-state index contributed by atoms with van der Waals surface area (Å²) in [6.45, 7) is 18.1. The van der Waals surface area contributed by atoms with Gasteiger partial charge in [0.25, 0.3) is 0 Å². The van der Waals surface area contributed by atoms with Crippen LogP contribution in [0.4, 0.5) is 0 Å². The van der Waals surface area contributed by atoms with Gasteiger partial charge in [0.2, 0.25) is 0 Å². The second-order valence-electron chi connectivity index (χ2n) is 17.1. The van der Waals surface area contributed by atoms with Gasteiger partial charge in [0.05, 0.1) is 33.3 Å². The van der Waals surface area contributed by atoms with Crippen molar-refractivity contribution in [2.75, 3.05) is 0 Å². The van der Waals surface area contributed by atoms with E-state index in [1.54, 1.807) is 0 Å². The molecular formula is C54H52N3OPt-. The molecule has 0 aliphatic heterocycles. The second kappa shape index (κ2) is 16.2. The average molecular weight is 963 g/mol. The molecular weight excluding hydrogens is 902 g/mol. The number of fused-ring (bicyclic) bond motifs is 1. The molecule has 59 heavy (non-hydrogen) atoms. The van der Waals surface area contributed by atoms with Gasteiger partial charge in [0.15, 0.2) is 0 Å². The summed E-state index contributed by atoms with van der Waals surface area (Å²) in [5.41, 5.74) is 7.87. The smallest absolute Gasteiger partial charge is 0.148 e. The van der Waals surface area contributed by atoms with Gasteiger partial charge in [-0.25, -0.2) is 4.98 Å². The van der Waals surface area contributed by atoms with Crippen molar-refractivity contribution in [3.05, 3.63) is 168 Å². The Morgan fingerprint density at radius 1 is 0.712 bits per heavy atom. The van der Waals surface area contributed by atoms with E-state index in [4.69, 9.17) is 16.0 Å².